The molecule has 29 heavy (non-hydrogen) atoms. The van der Waals surface area contributed by atoms with Gasteiger partial charge in [0.1, 0.15) is 5.78 Å². The first-order valence-corrected chi connectivity index (χ1v) is 12.6. The second-order valence-corrected chi connectivity index (χ2v) is 11.7. The van der Waals surface area contributed by atoms with Crippen molar-refractivity contribution in [3.8, 4) is 22.3 Å². The van der Waals surface area contributed by atoms with E-state index in [4.69, 9.17) is 16.2 Å². The molecule has 7 heteroatoms. The molecule has 2 bridgehead atoms. The van der Waals surface area contributed by atoms with E-state index in [0.717, 1.165) is 11.4 Å². The van der Waals surface area contributed by atoms with E-state index in [0.29, 0.717) is 12.8 Å². The van der Waals surface area contributed by atoms with Crippen LogP contribution in [0.25, 0.3) is 22.3 Å². The highest BCUT2D eigenvalue weighted by Crippen LogP contribution is 2.64. The van der Waals surface area contributed by atoms with Gasteiger partial charge in [-0.2, -0.15) is 8.42 Å². The van der Waals surface area contributed by atoms with E-state index in [9.17, 15) is 13.2 Å². The van der Waals surface area contributed by atoms with Crippen LogP contribution >= 0.6 is 34.2 Å². The molecule has 0 saturated heterocycles. The molecule has 1 N–H and O–H groups in total. The summed E-state index contributed by atoms with van der Waals surface area (Å²) in [6.45, 7) is 3.89. The molecule has 3 aliphatic carbocycles. The molecule has 0 aromatic heterocycles. The van der Waals surface area contributed by atoms with Crippen LogP contribution in [-0.2, 0) is 14.9 Å². The van der Waals surface area contributed by atoms with Gasteiger partial charge in [0.2, 0.25) is 0 Å². The first kappa shape index (κ1) is 21.3. The molecule has 0 amide bonds. The summed E-state index contributed by atoms with van der Waals surface area (Å²) in [7, 11) is -4.08. The summed E-state index contributed by atoms with van der Waals surface area (Å²) < 4.78 is 32.1. The van der Waals surface area contributed by atoms with Gasteiger partial charge in [-0.05, 0) is 69.5 Å². The average Bonchev–Trinajstić information content (AvgIpc) is 2.95. The highest BCUT2D eigenvalue weighted by Gasteiger charge is 2.65. The topological polar surface area (TPSA) is 71.4 Å². The van der Waals surface area contributed by atoms with Gasteiger partial charge >= 0.3 is 0 Å². The summed E-state index contributed by atoms with van der Waals surface area (Å²) in [6.07, 6.45) is 1.97. The van der Waals surface area contributed by atoms with Crippen LogP contribution in [0.1, 0.15) is 33.1 Å². The highest BCUT2D eigenvalue weighted by atomic mass is 127. The lowest BCUT2D eigenvalue weighted by atomic mass is 9.70. The van der Waals surface area contributed by atoms with Crippen molar-refractivity contribution < 1.29 is 17.8 Å². The van der Waals surface area contributed by atoms with Gasteiger partial charge in [0.15, 0.2) is 0 Å². The minimum absolute atomic E-state index is 0.0152. The Labute approximate surface area is 189 Å². The van der Waals surface area contributed by atoms with Gasteiger partial charge in [0.25, 0.3) is 10.1 Å². The zero-order chi connectivity index (χ0) is 21.2. The maximum Gasteiger partial charge on any atom is 0.265 e. The Morgan fingerprint density at radius 2 is 1.79 bits per heavy atom. The summed E-state index contributed by atoms with van der Waals surface area (Å²) in [5.41, 5.74) is 4.19. The molecule has 2 fully saturated rings. The Hall–Kier alpha value is -0.960. The van der Waals surface area contributed by atoms with Crippen LogP contribution in [0.4, 0.5) is 0 Å². The van der Waals surface area contributed by atoms with E-state index in [1.807, 2.05) is 19.9 Å². The second kappa shape index (κ2) is 7.04. The summed E-state index contributed by atoms with van der Waals surface area (Å²) in [5.74, 6) is -0.101. The van der Waals surface area contributed by atoms with Crippen LogP contribution < -0.4 is 0 Å². The molecule has 0 spiro atoms. The van der Waals surface area contributed by atoms with Gasteiger partial charge in [-0.25, -0.2) is 0 Å². The van der Waals surface area contributed by atoms with Crippen molar-refractivity contribution in [2.45, 2.75) is 33.1 Å². The fourth-order valence-corrected chi connectivity index (χ4v) is 7.55. The van der Waals surface area contributed by atoms with E-state index in [1.165, 1.54) is 25.8 Å². The van der Waals surface area contributed by atoms with E-state index in [-0.39, 0.29) is 17.1 Å². The quantitative estimate of drug-likeness (QED) is 0.324. The fourth-order valence-electron chi connectivity index (χ4n) is 5.33. The molecule has 0 radical (unpaired) electrons. The standard InChI is InChI=1S/C12H6ClI.C10H16O4S/c13-10-6-5-9-7-3-1-2-4-8(7)11(9)12(10)14;1-9(2)7-3-4-10(9,8(11)5-7)6-15(12,13)14/h1-6H;7H,3-6H2,1-2H3,(H,12,13,14). The van der Waals surface area contributed by atoms with Crippen molar-refractivity contribution >= 4 is 50.1 Å². The van der Waals surface area contributed by atoms with Crippen LogP contribution in [-0.4, -0.2) is 24.5 Å². The smallest absolute Gasteiger partial charge is 0.265 e. The molecule has 5 rings (SSSR count). The molecule has 2 aromatic carbocycles. The monoisotopic (exact) mass is 544 g/mol. The minimum atomic E-state index is -4.08. The van der Waals surface area contributed by atoms with Gasteiger partial charge in [-0.15, -0.1) is 0 Å². The second-order valence-electron chi connectivity index (χ2n) is 8.72. The van der Waals surface area contributed by atoms with Crippen LogP contribution in [0, 0.1) is 20.3 Å². The third-order valence-corrected chi connectivity index (χ3v) is 9.76. The number of benzene rings is 2. The molecule has 2 saturated carbocycles. The van der Waals surface area contributed by atoms with Crippen LogP contribution in [0.3, 0.4) is 0 Å². The van der Waals surface area contributed by atoms with Crippen molar-refractivity contribution in [3.05, 3.63) is 45.0 Å². The Balaban J connectivity index is 0.000000141. The first-order valence-electron chi connectivity index (χ1n) is 9.54. The number of ketones is 1. The molecule has 0 aliphatic heterocycles. The summed E-state index contributed by atoms with van der Waals surface area (Å²) >= 11 is 8.39. The first-order chi connectivity index (χ1) is 13.5. The molecule has 2 aromatic rings. The van der Waals surface area contributed by atoms with Crippen molar-refractivity contribution in [1.29, 1.82) is 0 Å². The molecule has 4 nitrogen and oxygen atoms in total. The van der Waals surface area contributed by atoms with Crippen molar-refractivity contribution in [2.75, 3.05) is 5.75 Å². The Bertz CT molecular complexity index is 1130. The van der Waals surface area contributed by atoms with Gasteiger partial charge in [0.05, 0.1) is 16.2 Å². The average molecular weight is 545 g/mol. The fraction of sp³-hybridized carbons (Fsp3) is 0.409. The Kier molecular flexibility index (Phi) is 5.16. The number of carbonyl (C=O) groups is 1. The van der Waals surface area contributed by atoms with Crippen LogP contribution in [0.2, 0.25) is 5.02 Å². The van der Waals surface area contributed by atoms with E-state index < -0.39 is 21.3 Å². The minimum Gasteiger partial charge on any atom is -0.299 e. The third kappa shape index (κ3) is 3.27. The zero-order valence-corrected chi connectivity index (χ0v) is 19.9. The molecular weight excluding hydrogens is 523 g/mol. The van der Waals surface area contributed by atoms with Gasteiger partial charge in [-0.3, -0.25) is 9.35 Å². The number of hydrogen-bond acceptors (Lipinski definition) is 3. The number of Topliss-reactive ketones (excluding diaryl/α,β-unsaturated/α-hetero) is 1. The number of halogens is 2. The number of hydrogen-bond donors (Lipinski definition) is 1. The summed E-state index contributed by atoms with van der Waals surface area (Å²) in [4.78, 5) is 11.9. The van der Waals surface area contributed by atoms with Crippen LogP contribution in [0.5, 0.6) is 0 Å². The highest BCUT2D eigenvalue weighted by molar-refractivity contribution is 14.1. The maximum absolute atomic E-state index is 11.9. The van der Waals surface area contributed by atoms with Crippen LogP contribution in [0.15, 0.2) is 36.4 Å². The molecule has 2 unspecified atom stereocenters. The Morgan fingerprint density at radius 3 is 2.34 bits per heavy atom. The maximum atomic E-state index is 11.9. The van der Waals surface area contributed by atoms with E-state index >= 15 is 0 Å². The Morgan fingerprint density at radius 1 is 1.14 bits per heavy atom. The largest absolute Gasteiger partial charge is 0.299 e. The number of fused-ring (bicyclic) bond motifs is 6. The zero-order valence-electron chi connectivity index (χ0n) is 16.2. The predicted molar refractivity (Wildman–Crippen MR) is 124 cm³/mol. The normalized spacial score (nSPS) is 25.6. The van der Waals surface area contributed by atoms with Gasteiger partial charge in [0, 0.05) is 15.6 Å². The summed E-state index contributed by atoms with van der Waals surface area (Å²) in [5, 5.41) is 0.846. The molecule has 3 aliphatic rings. The van der Waals surface area contributed by atoms with Gasteiger partial charge < -0.3 is 0 Å². The molecule has 2 atom stereocenters. The third-order valence-electron chi connectivity index (χ3n) is 7.15. The number of rotatable bonds is 2. The lowest BCUT2D eigenvalue weighted by Gasteiger charge is -2.35. The number of carbonyl (C=O) groups excluding carboxylic acids is 1. The lowest BCUT2D eigenvalue weighted by Crippen LogP contribution is -2.42. The molecular formula is C22H22ClIO4S. The van der Waals surface area contributed by atoms with E-state index in [2.05, 4.69) is 52.9 Å². The molecule has 154 valence electrons. The summed E-state index contributed by atoms with van der Waals surface area (Å²) in [6, 6.07) is 12.5. The van der Waals surface area contributed by atoms with E-state index in [1.54, 1.807) is 0 Å². The van der Waals surface area contributed by atoms with Gasteiger partial charge in [-0.1, -0.05) is 55.8 Å². The van der Waals surface area contributed by atoms with Crippen molar-refractivity contribution in [2.24, 2.45) is 16.7 Å². The molecule has 0 heterocycles. The van der Waals surface area contributed by atoms with Crippen molar-refractivity contribution in [1.82, 2.24) is 0 Å². The lowest BCUT2D eigenvalue weighted by molar-refractivity contribution is -0.128. The van der Waals surface area contributed by atoms with Crippen molar-refractivity contribution in [3.63, 3.8) is 0 Å². The predicted octanol–water partition coefficient (Wildman–Crippen LogP) is 5.86. The SMILES string of the molecule is CC1(C)C2CCC1(CS(=O)(=O)O)C(=O)C2.Clc1ccc2c(c1I)-c1ccccc1-2.